The van der Waals surface area contributed by atoms with Gasteiger partial charge in [-0.15, -0.1) is 0 Å². The van der Waals surface area contributed by atoms with Crippen molar-refractivity contribution < 1.29 is 8.42 Å². The van der Waals surface area contributed by atoms with Crippen molar-refractivity contribution in [2.75, 3.05) is 27.7 Å². The molecule has 0 fully saturated rings. The van der Waals surface area contributed by atoms with Crippen molar-refractivity contribution in [3.63, 3.8) is 0 Å². The first-order valence-corrected chi connectivity index (χ1v) is 8.69. The average molecular weight is 313 g/mol. The van der Waals surface area contributed by atoms with Crippen LogP contribution in [0.1, 0.15) is 25.0 Å². The highest BCUT2D eigenvalue weighted by Crippen LogP contribution is 2.11. The van der Waals surface area contributed by atoms with E-state index in [2.05, 4.69) is 10.0 Å². The van der Waals surface area contributed by atoms with E-state index in [1.165, 1.54) is 0 Å². The van der Waals surface area contributed by atoms with E-state index in [0.29, 0.717) is 6.54 Å². The van der Waals surface area contributed by atoms with Gasteiger partial charge in [-0.1, -0.05) is 24.3 Å². The molecule has 0 saturated carbocycles. The summed E-state index contributed by atoms with van der Waals surface area (Å²) in [5.74, 6) is 0.0103. The molecule has 0 spiro atoms. The van der Waals surface area contributed by atoms with E-state index in [0.717, 1.165) is 17.7 Å². The molecule has 1 aromatic rings. The van der Waals surface area contributed by atoms with E-state index >= 15 is 0 Å². The van der Waals surface area contributed by atoms with Crippen LogP contribution in [0.3, 0.4) is 0 Å². The molecule has 0 unspecified atom stereocenters. The predicted octanol–water partition coefficient (Wildman–Crippen LogP) is 1.17. The topological polar surface area (TPSA) is 61.4 Å². The molecule has 5 nitrogen and oxygen atoms in total. The van der Waals surface area contributed by atoms with Gasteiger partial charge in [-0.3, -0.25) is 0 Å². The number of nitrogens with zero attached hydrogens (tertiary/aromatic N) is 1. The van der Waals surface area contributed by atoms with Crippen LogP contribution < -0.4 is 10.0 Å². The van der Waals surface area contributed by atoms with Crippen molar-refractivity contribution in [1.29, 1.82) is 0 Å². The van der Waals surface area contributed by atoms with Crippen molar-refractivity contribution in [3.05, 3.63) is 35.4 Å². The molecule has 6 heteroatoms. The molecule has 0 aliphatic rings. The third-order valence-corrected chi connectivity index (χ3v) is 4.99. The smallest absolute Gasteiger partial charge is 0.215 e. The molecule has 120 valence electrons. The third-order valence-electron chi connectivity index (χ3n) is 3.70. The van der Waals surface area contributed by atoms with Crippen molar-refractivity contribution in [1.82, 2.24) is 14.9 Å². The Labute approximate surface area is 128 Å². The second-order valence-corrected chi connectivity index (χ2v) is 7.94. The summed E-state index contributed by atoms with van der Waals surface area (Å²) in [6.45, 7) is 5.17. The van der Waals surface area contributed by atoms with Gasteiger partial charge < -0.3 is 10.2 Å². The van der Waals surface area contributed by atoms with Crippen LogP contribution in [-0.2, 0) is 22.3 Å². The molecule has 0 amide bonds. The second kappa shape index (κ2) is 7.35. The van der Waals surface area contributed by atoms with Gasteiger partial charge in [0.2, 0.25) is 10.0 Å². The van der Waals surface area contributed by atoms with Crippen molar-refractivity contribution in [2.45, 2.75) is 31.7 Å². The Balaban J connectivity index is 2.64. The van der Waals surface area contributed by atoms with Crippen molar-refractivity contribution in [2.24, 2.45) is 0 Å². The molecule has 0 radical (unpaired) electrons. The number of hydrogen-bond acceptors (Lipinski definition) is 4. The van der Waals surface area contributed by atoms with E-state index in [-0.39, 0.29) is 11.3 Å². The summed E-state index contributed by atoms with van der Waals surface area (Å²) in [7, 11) is 2.44. The van der Waals surface area contributed by atoms with Crippen molar-refractivity contribution in [3.8, 4) is 0 Å². The summed E-state index contributed by atoms with van der Waals surface area (Å²) < 4.78 is 27.0. The molecule has 21 heavy (non-hydrogen) atoms. The Hall–Kier alpha value is -0.950. The number of hydrogen-bond donors (Lipinski definition) is 2. The Morgan fingerprint density at radius 3 is 2.10 bits per heavy atom. The largest absolute Gasteiger partial charge is 0.316 e. The third kappa shape index (κ3) is 6.13. The zero-order valence-electron chi connectivity index (χ0n) is 13.6. The Bertz CT molecular complexity index is 537. The lowest BCUT2D eigenvalue weighted by atomic mass is 10.1. The van der Waals surface area contributed by atoms with E-state index in [1.54, 1.807) is 0 Å². The predicted molar refractivity (Wildman–Crippen MR) is 87.6 cm³/mol. The maximum Gasteiger partial charge on any atom is 0.215 e. The summed E-state index contributed by atoms with van der Waals surface area (Å²) in [5.41, 5.74) is 1.72. The molecular formula is C15H27N3O2S. The zero-order valence-corrected chi connectivity index (χ0v) is 14.4. The summed E-state index contributed by atoms with van der Waals surface area (Å²) in [5, 5.41) is 3.06. The lowest BCUT2D eigenvalue weighted by Crippen LogP contribution is -2.48. The van der Waals surface area contributed by atoms with Gasteiger partial charge in [-0.25, -0.2) is 13.1 Å². The minimum Gasteiger partial charge on any atom is -0.316 e. The summed E-state index contributed by atoms with van der Waals surface area (Å²) >= 11 is 0. The fourth-order valence-electron chi connectivity index (χ4n) is 1.67. The maximum atomic E-state index is 12.1. The van der Waals surface area contributed by atoms with E-state index in [4.69, 9.17) is 0 Å². The lowest BCUT2D eigenvalue weighted by molar-refractivity contribution is 0.199. The van der Waals surface area contributed by atoms with Gasteiger partial charge in [0.15, 0.2) is 0 Å². The fraction of sp³-hybridized carbons (Fsp3) is 0.600. The SMILES string of the molecule is CNCc1ccc(CS(=O)(=O)NCC(C)(C)N(C)C)cc1. The molecule has 1 rings (SSSR count). The van der Waals surface area contributed by atoms with Crippen LogP contribution in [0, 0.1) is 0 Å². The quantitative estimate of drug-likeness (QED) is 0.756. The highest BCUT2D eigenvalue weighted by molar-refractivity contribution is 7.88. The molecule has 0 heterocycles. The first-order chi connectivity index (χ1) is 9.66. The summed E-state index contributed by atoms with van der Waals surface area (Å²) in [6.07, 6.45) is 0. The molecule has 1 aromatic carbocycles. The molecule has 0 aromatic heterocycles. The first-order valence-electron chi connectivity index (χ1n) is 7.03. The van der Waals surface area contributed by atoms with Gasteiger partial charge in [-0.05, 0) is 46.1 Å². The lowest BCUT2D eigenvalue weighted by Gasteiger charge is -2.32. The van der Waals surface area contributed by atoms with E-state index < -0.39 is 10.0 Å². The molecule has 0 saturated heterocycles. The minimum atomic E-state index is -3.32. The molecule has 0 aliphatic carbocycles. The Morgan fingerprint density at radius 1 is 1.10 bits per heavy atom. The van der Waals surface area contributed by atoms with Gasteiger partial charge in [0.1, 0.15) is 0 Å². The molecule has 0 atom stereocenters. The maximum absolute atomic E-state index is 12.1. The molecular weight excluding hydrogens is 286 g/mol. The second-order valence-electron chi connectivity index (χ2n) is 6.13. The van der Waals surface area contributed by atoms with Crippen LogP contribution >= 0.6 is 0 Å². The van der Waals surface area contributed by atoms with Crippen LogP contribution in [0.4, 0.5) is 0 Å². The van der Waals surface area contributed by atoms with Gasteiger partial charge in [0.25, 0.3) is 0 Å². The molecule has 2 N–H and O–H groups in total. The molecule has 0 aliphatic heterocycles. The van der Waals surface area contributed by atoms with Crippen LogP contribution in [-0.4, -0.2) is 46.5 Å². The van der Waals surface area contributed by atoms with Crippen LogP contribution in [0.5, 0.6) is 0 Å². The zero-order chi connectivity index (χ0) is 16.1. The highest BCUT2D eigenvalue weighted by atomic mass is 32.2. The molecule has 0 bridgehead atoms. The van der Waals surface area contributed by atoms with Crippen LogP contribution in [0.2, 0.25) is 0 Å². The standard InChI is InChI=1S/C15H27N3O2S/c1-15(2,18(4)5)12-17-21(19,20)11-14-8-6-13(7-9-14)10-16-3/h6-9,16-17H,10-12H2,1-5H3. The van der Waals surface area contributed by atoms with E-state index in [1.807, 2.05) is 64.2 Å². The van der Waals surface area contributed by atoms with Gasteiger partial charge in [-0.2, -0.15) is 0 Å². The Morgan fingerprint density at radius 2 is 1.62 bits per heavy atom. The minimum absolute atomic E-state index is 0.0103. The number of likely N-dealkylation sites (N-methyl/N-ethyl adjacent to an activating group) is 1. The van der Waals surface area contributed by atoms with Gasteiger partial charge in [0, 0.05) is 18.6 Å². The number of benzene rings is 1. The summed E-state index contributed by atoms with van der Waals surface area (Å²) in [4.78, 5) is 2.00. The Kier molecular flexibility index (Phi) is 6.34. The number of nitrogens with one attached hydrogen (secondary N) is 2. The average Bonchev–Trinajstić information content (AvgIpc) is 2.39. The number of sulfonamides is 1. The fourth-order valence-corrected chi connectivity index (χ4v) is 2.98. The monoisotopic (exact) mass is 313 g/mol. The van der Waals surface area contributed by atoms with Crippen LogP contribution in [0.25, 0.3) is 0 Å². The van der Waals surface area contributed by atoms with Crippen LogP contribution in [0.15, 0.2) is 24.3 Å². The first kappa shape index (κ1) is 18.1. The summed E-state index contributed by atoms with van der Waals surface area (Å²) in [6, 6.07) is 7.63. The van der Waals surface area contributed by atoms with E-state index in [9.17, 15) is 8.42 Å². The normalized spacial score (nSPS) is 12.9. The van der Waals surface area contributed by atoms with Gasteiger partial charge >= 0.3 is 0 Å². The van der Waals surface area contributed by atoms with Gasteiger partial charge in [0.05, 0.1) is 5.75 Å². The number of rotatable bonds is 8. The van der Waals surface area contributed by atoms with Crippen molar-refractivity contribution >= 4 is 10.0 Å². The highest BCUT2D eigenvalue weighted by Gasteiger charge is 2.23.